The van der Waals surface area contributed by atoms with Gasteiger partial charge in [0.1, 0.15) is 17.6 Å². The third-order valence-electron chi connectivity index (χ3n) is 5.67. The molecule has 1 atom stereocenters. The first-order valence-electron chi connectivity index (χ1n) is 10.8. The summed E-state index contributed by atoms with van der Waals surface area (Å²) in [5.74, 6) is 0.293. The number of ether oxygens (including phenoxy) is 1. The highest BCUT2D eigenvalue weighted by Crippen LogP contribution is 2.24. The quantitative estimate of drug-likeness (QED) is 0.580. The van der Waals surface area contributed by atoms with E-state index in [1.165, 1.54) is 0 Å². The minimum atomic E-state index is -0.722. The lowest BCUT2D eigenvalue weighted by Gasteiger charge is -2.40. The van der Waals surface area contributed by atoms with Crippen molar-refractivity contribution >= 4 is 23.3 Å². The van der Waals surface area contributed by atoms with Gasteiger partial charge in [-0.1, -0.05) is 36.4 Å². The minimum absolute atomic E-state index is 0.281. The number of hydrogen-bond acceptors (Lipinski definition) is 6. The van der Waals surface area contributed by atoms with Crippen LogP contribution in [0, 0.1) is 0 Å². The molecule has 170 valence electrons. The van der Waals surface area contributed by atoms with Gasteiger partial charge >= 0.3 is 0 Å². The van der Waals surface area contributed by atoms with Crippen LogP contribution in [0.25, 0.3) is 0 Å². The van der Waals surface area contributed by atoms with E-state index in [0.717, 1.165) is 11.3 Å². The van der Waals surface area contributed by atoms with Gasteiger partial charge in [-0.25, -0.2) is 4.98 Å². The Morgan fingerprint density at radius 2 is 1.91 bits per heavy atom. The number of pyridine rings is 1. The van der Waals surface area contributed by atoms with Crippen molar-refractivity contribution in [1.29, 1.82) is 0 Å². The normalized spacial score (nSPS) is 16.3. The summed E-state index contributed by atoms with van der Waals surface area (Å²) in [4.78, 5) is 33.9. The molecule has 0 spiro atoms. The summed E-state index contributed by atoms with van der Waals surface area (Å²) in [6.07, 6.45) is 1.61. The van der Waals surface area contributed by atoms with Crippen LogP contribution in [-0.4, -0.2) is 59.4 Å². The summed E-state index contributed by atoms with van der Waals surface area (Å²) in [5, 5.41) is 3.19. The van der Waals surface area contributed by atoms with Gasteiger partial charge in [0.25, 0.3) is 5.91 Å². The molecule has 0 unspecified atom stereocenters. The highest BCUT2D eigenvalue weighted by atomic mass is 16.5. The molecule has 33 heavy (non-hydrogen) atoms. The van der Waals surface area contributed by atoms with Crippen LogP contribution in [0.2, 0.25) is 0 Å². The summed E-state index contributed by atoms with van der Waals surface area (Å²) < 4.78 is 5.27. The second kappa shape index (κ2) is 10.1. The molecule has 1 aromatic heterocycles. The van der Waals surface area contributed by atoms with E-state index >= 15 is 0 Å². The fourth-order valence-electron chi connectivity index (χ4n) is 3.98. The number of anilines is 2. The predicted molar refractivity (Wildman–Crippen MR) is 126 cm³/mol. The summed E-state index contributed by atoms with van der Waals surface area (Å²) in [7, 11) is 1.59. The van der Waals surface area contributed by atoms with E-state index in [9.17, 15) is 9.59 Å². The Balaban J connectivity index is 1.53. The van der Waals surface area contributed by atoms with Crippen LogP contribution >= 0.6 is 0 Å². The fraction of sp³-hybridized carbons (Fsp3) is 0.240. The Kier molecular flexibility index (Phi) is 6.85. The second-order valence-electron chi connectivity index (χ2n) is 7.89. The molecule has 2 aromatic carbocycles. The van der Waals surface area contributed by atoms with E-state index in [4.69, 9.17) is 10.5 Å². The Hall–Kier alpha value is -3.91. The van der Waals surface area contributed by atoms with Gasteiger partial charge in [-0.15, -0.1) is 0 Å². The van der Waals surface area contributed by atoms with Gasteiger partial charge in [0, 0.05) is 44.1 Å². The number of benzene rings is 2. The van der Waals surface area contributed by atoms with E-state index in [-0.39, 0.29) is 5.91 Å². The number of methoxy groups -OCH3 is 1. The van der Waals surface area contributed by atoms with Gasteiger partial charge in [0.05, 0.1) is 12.7 Å². The molecule has 3 N–H and O–H groups in total. The fourth-order valence-corrected chi connectivity index (χ4v) is 3.98. The van der Waals surface area contributed by atoms with Crippen LogP contribution in [-0.2, 0) is 11.3 Å². The maximum absolute atomic E-state index is 13.5. The molecule has 3 aromatic rings. The second-order valence-corrected chi connectivity index (χ2v) is 7.89. The summed E-state index contributed by atoms with van der Waals surface area (Å²) in [6.45, 7) is 2.12. The molecule has 8 nitrogen and oxygen atoms in total. The predicted octanol–water partition coefficient (Wildman–Crippen LogP) is 2.65. The van der Waals surface area contributed by atoms with E-state index in [2.05, 4.69) is 15.2 Å². The molecule has 1 aliphatic heterocycles. The van der Waals surface area contributed by atoms with Crippen molar-refractivity contribution in [3.8, 4) is 5.75 Å². The smallest absolute Gasteiger partial charge is 0.258 e. The van der Waals surface area contributed by atoms with Crippen LogP contribution in [0.5, 0.6) is 5.75 Å². The zero-order chi connectivity index (χ0) is 23.2. The van der Waals surface area contributed by atoms with E-state index in [1.54, 1.807) is 30.3 Å². The topological polar surface area (TPSA) is 101 Å². The van der Waals surface area contributed by atoms with E-state index < -0.39 is 11.9 Å². The molecule has 0 saturated carbocycles. The van der Waals surface area contributed by atoms with Crippen molar-refractivity contribution in [1.82, 2.24) is 14.8 Å². The van der Waals surface area contributed by atoms with Crippen molar-refractivity contribution in [3.63, 3.8) is 0 Å². The number of carbonyl (C=O) groups is 2. The van der Waals surface area contributed by atoms with Crippen LogP contribution in [0.3, 0.4) is 0 Å². The van der Waals surface area contributed by atoms with Gasteiger partial charge in [0.15, 0.2) is 0 Å². The molecular formula is C25H27N5O3. The number of rotatable bonds is 7. The van der Waals surface area contributed by atoms with Gasteiger partial charge in [-0.3, -0.25) is 14.5 Å². The Morgan fingerprint density at radius 1 is 1.09 bits per heavy atom. The molecule has 0 radical (unpaired) electrons. The standard InChI is InChI=1S/C25H27N5O3/c1-33-20-10-5-9-19(15-20)28-24-21(11-6-12-27-24)25(32)30-14-13-29(17-22(30)23(26)31)16-18-7-3-2-4-8-18/h2-12,15,22H,13-14,16-17H2,1H3,(H2,26,31)(H,27,28)/t22-/m0/s1. The first kappa shape index (κ1) is 22.3. The SMILES string of the molecule is COc1cccc(Nc2ncccc2C(=O)N2CCN(Cc3ccccc3)C[C@H]2C(N)=O)c1. The third kappa shape index (κ3) is 5.30. The van der Waals surface area contributed by atoms with Gasteiger partial charge in [-0.2, -0.15) is 0 Å². The summed E-state index contributed by atoms with van der Waals surface area (Å²) in [6, 6.07) is 20.1. The van der Waals surface area contributed by atoms with Crippen LogP contribution < -0.4 is 15.8 Å². The van der Waals surface area contributed by atoms with Gasteiger partial charge < -0.3 is 20.7 Å². The van der Waals surface area contributed by atoms with E-state index in [1.807, 2.05) is 54.6 Å². The number of nitrogens with one attached hydrogen (secondary N) is 1. The van der Waals surface area contributed by atoms with Crippen LogP contribution in [0.4, 0.5) is 11.5 Å². The molecule has 1 fully saturated rings. The minimum Gasteiger partial charge on any atom is -0.497 e. The molecule has 2 amide bonds. The number of piperazine rings is 1. The zero-order valence-electron chi connectivity index (χ0n) is 18.5. The van der Waals surface area contributed by atoms with Crippen LogP contribution in [0.15, 0.2) is 72.9 Å². The molecule has 0 aliphatic carbocycles. The summed E-state index contributed by atoms with van der Waals surface area (Å²) in [5.41, 5.74) is 7.98. The number of amides is 2. The van der Waals surface area contributed by atoms with E-state index in [0.29, 0.717) is 43.3 Å². The van der Waals surface area contributed by atoms with Crippen molar-refractivity contribution in [3.05, 3.63) is 84.1 Å². The first-order valence-corrected chi connectivity index (χ1v) is 10.8. The molecule has 8 heteroatoms. The number of nitrogens with two attached hydrogens (primary N) is 1. The van der Waals surface area contributed by atoms with Gasteiger partial charge in [0.2, 0.25) is 5.91 Å². The monoisotopic (exact) mass is 445 g/mol. The lowest BCUT2D eigenvalue weighted by Crippen LogP contribution is -2.59. The Bertz CT molecular complexity index is 1120. The highest BCUT2D eigenvalue weighted by Gasteiger charge is 2.35. The number of nitrogens with zero attached hydrogens (tertiary/aromatic N) is 3. The molecule has 4 rings (SSSR count). The van der Waals surface area contributed by atoms with Crippen LogP contribution in [0.1, 0.15) is 15.9 Å². The molecule has 1 aliphatic rings. The number of hydrogen-bond donors (Lipinski definition) is 2. The molecular weight excluding hydrogens is 418 g/mol. The third-order valence-corrected chi connectivity index (χ3v) is 5.67. The Labute approximate surface area is 193 Å². The van der Waals surface area contributed by atoms with Gasteiger partial charge in [-0.05, 0) is 29.8 Å². The van der Waals surface area contributed by atoms with Crippen molar-refractivity contribution in [2.45, 2.75) is 12.6 Å². The molecule has 2 heterocycles. The number of primary amides is 1. The zero-order valence-corrected chi connectivity index (χ0v) is 18.5. The molecule has 1 saturated heterocycles. The number of carbonyl (C=O) groups excluding carboxylic acids is 2. The first-order chi connectivity index (χ1) is 16.0. The average molecular weight is 446 g/mol. The maximum atomic E-state index is 13.5. The molecule has 0 bridgehead atoms. The van der Waals surface area contributed by atoms with Crippen molar-refractivity contribution < 1.29 is 14.3 Å². The average Bonchev–Trinajstić information content (AvgIpc) is 2.84. The largest absolute Gasteiger partial charge is 0.497 e. The number of aromatic nitrogens is 1. The lowest BCUT2D eigenvalue weighted by molar-refractivity contribution is -0.124. The lowest BCUT2D eigenvalue weighted by atomic mass is 10.1. The highest BCUT2D eigenvalue weighted by molar-refractivity contribution is 6.01. The van der Waals surface area contributed by atoms with Crippen molar-refractivity contribution in [2.24, 2.45) is 5.73 Å². The summed E-state index contributed by atoms with van der Waals surface area (Å²) >= 11 is 0. The maximum Gasteiger partial charge on any atom is 0.258 e. The Morgan fingerprint density at radius 3 is 2.67 bits per heavy atom. The van der Waals surface area contributed by atoms with Crippen molar-refractivity contribution in [2.75, 3.05) is 32.1 Å².